The van der Waals surface area contributed by atoms with Gasteiger partial charge in [-0.1, -0.05) is 46.0 Å². The van der Waals surface area contributed by atoms with Crippen LogP contribution < -0.4 is 5.32 Å². The van der Waals surface area contributed by atoms with Crippen LogP contribution in [0, 0.1) is 11.8 Å². The highest BCUT2D eigenvalue weighted by Crippen LogP contribution is 2.38. The van der Waals surface area contributed by atoms with Gasteiger partial charge in [0.1, 0.15) is 0 Å². The van der Waals surface area contributed by atoms with Gasteiger partial charge in [0, 0.05) is 30.7 Å². The maximum atomic E-state index is 3.98. The average Bonchev–Trinajstić information content (AvgIpc) is 3.23. The second-order valence-electron chi connectivity index (χ2n) is 8.23. The first kappa shape index (κ1) is 14.8. The first-order chi connectivity index (χ1) is 9.60. The molecule has 0 radical (unpaired) electrons. The Hall–Kier alpha value is -0.0800. The van der Waals surface area contributed by atoms with Gasteiger partial charge >= 0.3 is 0 Å². The Morgan fingerprint density at radius 3 is 2.40 bits per heavy atom. The van der Waals surface area contributed by atoms with Crippen molar-refractivity contribution in [3.05, 3.63) is 0 Å². The fourth-order valence-corrected chi connectivity index (χ4v) is 4.60. The van der Waals surface area contributed by atoms with E-state index >= 15 is 0 Å². The number of hydrogen-bond acceptors (Lipinski definition) is 2. The molecule has 2 unspecified atom stereocenters. The first-order valence-corrected chi connectivity index (χ1v) is 9.10. The third-order valence-electron chi connectivity index (χ3n) is 6.12. The highest BCUT2D eigenvalue weighted by atomic mass is 15.3. The number of nitrogens with zero attached hydrogens (tertiary/aromatic N) is 1. The summed E-state index contributed by atoms with van der Waals surface area (Å²) in [6, 6.07) is 1.53. The molecule has 2 saturated carbocycles. The molecule has 0 aromatic rings. The summed E-state index contributed by atoms with van der Waals surface area (Å²) in [4.78, 5) is 2.89. The minimum atomic E-state index is 0.460. The Morgan fingerprint density at radius 2 is 1.80 bits per heavy atom. The van der Waals surface area contributed by atoms with Crippen molar-refractivity contribution in [2.45, 2.75) is 89.8 Å². The molecule has 3 fully saturated rings. The summed E-state index contributed by atoms with van der Waals surface area (Å²) in [7, 11) is 0. The summed E-state index contributed by atoms with van der Waals surface area (Å²) in [5.41, 5.74) is 0.460. The molecule has 1 aliphatic heterocycles. The third-order valence-corrected chi connectivity index (χ3v) is 6.12. The van der Waals surface area contributed by atoms with Crippen molar-refractivity contribution in [2.24, 2.45) is 11.8 Å². The summed E-state index contributed by atoms with van der Waals surface area (Å²) >= 11 is 0. The molecular formula is C18H34N2. The molecule has 1 N–H and O–H groups in total. The molecule has 1 heterocycles. The van der Waals surface area contributed by atoms with Crippen LogP contribution in [0.15, 0.2) is 0 Å². The smallest absolute Gasteiger partial charge is 0.0309 e. The van der Waals surface area contributed by atoms with Gasteiger partial charge in [0.05, 0.1) is 0 Å². The number of rotatable bonds is 4. The van der Waals surface area contributed by atoms with Gasteiger partial charge in [0.15, 0.2) is 0 Å². The van der Waals surface area contributed by atoms with E-state index in [2.05, 4.69) is 31.0 Å². The minimum Gasteiger partial charge on any atom is -0.308 e. The van der Waals surface area contributed by atoms with Gasteiger partial charge in [0.25, 0.3) is 0 Å². The fourth-order valence-electron chi connectivity index (χ4n) is 4.60. The van der Waals surface area contributed by atoms with Crippen molar-refractivity contribution in [3.8, 4) is 0 Å². The molecular weight excluding hydrogens is 244 g/mol. The molecule has 1 spiro atoms. The first-order valence-electron chi connectivity index (χ1n) is 9.10. The predicted molar refractivity (Wildman–Crippen MR) is 86.0 cm³/mol. The zero-order valence-corrected chi connectivity index (χ0v) is 13.8. The van der Waals surface area contributed by atoms with Crippen LogP contribution in [0.4, 0.5) is 0 Å². The van der Waals surface area contributed by atoms with Crippen molar-refractivity contribution in [3.63, 3.8) is 0 Å². The van der Waals surface area contributed by atoms with Crippen LogP contribution in [-0.2, 0) is 0 Å². The van der Waals surface area contributed by atoms with Crippen LogP contribution in [0.2, 0.25) is 0 Å². The summed E-state index contributed by atoms with van der Waals surface area (Å²) in [6.07, 6.45) is 11.6. The lowest BCUT2D eigenvalue weighted by Crippen LogP contribution is -2.67. The molecule has 2 nitrogen and oxygen atoms in total. The highest BCUT2D eigenvalue weighted by molar-refractivity contribution is 5.01. The quantitative estimate of drug-likeness (QED) is 0.841. The van der Waals surface area contributed by atoms with Gasteiger partial charge in [-0.25, -0.2) is 0 Å². The monoisotopic (exact) mass is 278 g/mol. The minimum absolute atomic E-state index is 0.460. The summed E-state index contributed by atoms with van der Waals surface area (Å²) in [5, 5.41) is 3.98. The van der Waals surface area contributed by atoms with Gasteiger partial charge in [0.2, 0.25) is 0 Å². The van der Waals surface area contributed by atoms with Crippen molar-refractivity contribution in [1.29, 1.82) is 0 Å². The topological polar surface area (TPSA) is 15.3 Å². The predicted octanol–water partition coefficient (Wildman–Crippen LogP) is 3.81. The Morgan fingerprint density at radius 1 is 1.10 bits per heavy atom. The summed E-state index contributed by atoms with van der Waals surface area (Å²) < 4.78 is 0. The standard InChI is InChI=1S/C18H34N2/c1-14(2)17-12-19-18(9-5-4-6-10-18)13-20(17)15(3)11-16-7-8-16/h14-17,19H,4-13H2,1-3H3. The van der Waals surface area contributed by atoms with E-state index in [9.17, 15) is 0 Å². The van der Waals surface area contributed by atoms with Crippen LogP contribution in [0.1, 0.15) is 72.1 Å². The van der Waals surface area contributed by atoms with E-state index in [1.807, 2.05) is 0 Å². The van der Waals surface area contributed by atoms with E-state index < -0.39 is 0 Å². The summed E-state index contributed by atoms with van der Waals surface area (Å²) in [6.45, 7) is 9.83. The van der Waals surface area contributed by atoms with Crippen molar-refractivity contribution in [2.75, 3.05) is 13.1 Å². The van der Waals surface area contributed by atoms with Crippen LogP contribution in [0.3, 0.4) is 0 Å². The lowest BCUT2D eigenvalue weighted by Gasteiger charge is -2.53. The summed E-state index contributed by atoms with van der Waals surface area (Å²) in [5.74, 6) is 1.82. The Bertz CT molecular complexity index is 315. The van der Waals surface area contributed by atoms with Gasteiger partial charge < -0.3 is 5.32 Å². The SMILES string of the molecule is CC(C)C1CNC2(CCCCC2)CN1C(C)CC1CC1. The van der Waals surface area contributed by atoms with E-state index in [-0.39, 0.29) is 0 Å². The highest BCUT2D eigenvalue weighted by Gasteiger charge is 2.42. The average molecular weight is 278 g/mol. The third kappa shape index (κ3) is 3.22. The molecule has 116 valence electrons. The van der Waals surface area contributed by atoms with Crippen LogP contribution in [0.5, 0.6) is 0 Å². The number of hydrogen-bond donors (Lipinski definition) is 1. The number of piperazine rings is 1. The maximum Gasteiger partial charge on any atom is 0.0309 e. The molecule has 0 aromatic heterocycles. The second-order valence-corrected chi connectivity index (χ2v) is 8.23. The molecule has 2 aliphatic carbocycles. The van der Waals surface area contributed by atoms with Crippen molar-refractivity contribution >= 4 is 0 Å². The lowest BCUT2D eigenvalue weighted by molar-refractivity contribution is 0.00722. The molecule has 0 bridgehead atoms. The second kappa shape index (κ2) is 5.96. The van der Waals surface area contributed by atoms with Crippen molar-refractivity contribution in [1.82, 2.24) is 10.2 Å². The van der Waals surface area contributed by atoms with Gasteiger partial charge in [-0.3, -0.25) is 4.90 Å². The Balaban J connectivity index is 1.69. The fraction of sp³-hybridized carbons (Fsp3) is 1.00. The van der Waals surface area contributed by atoms with E-state index in [4.69, 9.17) is 0 Å². The molecule has 0 aromatic carbocycles. The number of nitrogens with one attached hydrogen (secondary N) is 1. The molecule has 2 atom stereocenters. The maximum absolute atomic E-state index is 3.98. The van der Waals surface area contributed by atoms with E-state index in [1.165, 1.54) is 64.5 Å². The normalized spacial score (nSPS) is 32.7. The zero-order valence-electron chi connectivity index (χ0n) is 13.8. The molecule has 20 heavy (non-hydrogen) atoms. The molecule has 1 saturated heterocycles. The van der Waals surface area contributed by atoms with Crippen LogP contribution in [0.25, 0.3) is 0 Å². The lowest BCUT2D eigenvalue weighted by atomic mass is 9.78. The Labute approximate surface area is 125 Å². The zero-order chi connectivity index (χ0) is 14.2. The van der Waals surface area contributed by atoms with Crippen LogP contribution >= 0.6 is 0 Å². The van der Waals surface area contributed by atoms with Gasteiger partial charge in [-0.15, -0.1) is 0 Å². The van der Waals surface area contributed by atoms with Gasteiger partial charge in [-0.2, -0.15) is 0 Å². The van der Waals surface area contributed by atoms with Crippen molar-refractivity contribution < 1.29 is 0 Å². The van der Waals surface area contributed by atoms with Gasteiger partial charge in [-0.05, 0) is 38.0 Å². The van der Waals surface area contributed by atoms with Crippen LogP contribution in [-0.4, -0.2) is 35.6 Å². The van der Waals surface area contributed by atoms with E-state index in [1.54, 1.807) is 0 Å². The van der Waals surface area contributed by atoms with E-state index in [0.29, 0.717) is 5.54 Å². The molecule has 2 heteroatoms. The molecule has 0 amide bonds. The Kier molecular flexibility index (Phi) is 4.42. The molecule has 3 aliphatic rings. The molecule has 3 rings (SSSR count). The van der Waals surface area contributed by atoms with E-state index in [0.717, 1.165) is 23.9 Å². The largest absolute Gasteiger partial charge is 0.308 e.